The molecule has 8 heteroatoms. The molecule has 2 aromatic heterocycles. The summed E-state index contributed by atoms with van der Waals surface area (Å²) in [5, 5.41) is 5.13. The molecule has 3 heterocycles. The minimum Gasteiger partial charge on any atom is -0.340 e. The summed E-state index contributed by atoms with van der Waals surface area (Å²) in [6.07, 6.45) is 5.95. The number of amides is 1. The SMILES string of the molecule is CN(C)CC=CC(=O)N1CCc2c(sc3ncnc(Nc4ccc(Cl)cc4)c23)C1. The maximum absolute atomic E-state index is 12.5. The Morgan fingerprint density at radius 2 is 2.10 bits per heavy atom. The van der Waals surface area contributed by atoms with Gasteiger partial charge >= 0.3 is 0 Å². The molecule has 1 aromatic carbocycles. The second-order valence-corrected chi connectivity index (χ2v) is 8.73. The number of hydrogen-bond acceptors (Lipinski definition) is 6. The van der Waals surface area contributed by atoms with Gasteiger partial charge in [0.15, 0.2) is 0 Å². The maximum atomic E-state index is 12.5. The highest BCUT2D eigenvalue weighted by Crippen LogP contribution is 2.38. The third kappa shape index (κ3) is 4.42. The number of carbonyl (C=O) groups excluding carboxylic acids is 1. The molecule has 0 atom stereocenters. The van der Waals surface area contributed by atoms with Crippen LogP contribution in [-0.2, 0) is 17.8 Å². The normalized spacial score (nSPS) is 14.0. The average Bonchev–Trinajstić information content (AvgIpc) is 3.08. The van der Waals surface area contributed by atoms with E-state index in [2.05, 4.69) is 15.3 Å². The third-order valence-electron chi connectivity index (χ3n) is 4.79. The molecule has 0 fully saturated rings. The molecule has 4 rings (SSSR count). The van der Waals surface area contributed by atoms with Crippen LogP contribution in [0.25, 0.3) is 10.2 Å². The Balaban J connectivity index is 1.58. The van der Waals surface area contributed by atoms with E-state index >= 15 is 0 Å². The van der Waals surface area contributed by atoms with Crippen molar-refractivity contribution in [1.82, 2.24) is 19.8 Å². The summed E-state index contributed by atoms with van der Waals surface area (Å²) in [6, 6.07) is 7.54. The standard InChI is InChI=1S/C21H22ClN5OS/c1-26(2)10-3-4-18(28)27-11-9-16-17(12-27)29-21-19(16)20(23-13-24-21)25-15-7-5-14(22)6-8-15/h3-8,13H,9-12H2,1-2H3,(H,23,24,25). The van der Waals surface area contributed by atoms with Crippen LogP contribution in [0.3, 0.4) is 0 Å². The number of fused-ring (bicyclic) bond motifs is 3. The van der Waals surface area contributed by atoms with Gasteiger partial charge in [0, 0.05) is 34.8 Å². The Hall–Kier alpha value is -2.48. The van der Waals surface area contributed by atoms with E-state index in [4.69, 9.17) is 11.6 Å². The van der Waals surface area contributed by atoms with E-state index in [0.29, 0.717) is 18.1 Å². The summed E-state index contributed by atoms with van der Waals surface area (Å²) < 4.78 is 0. The predicted octanol–water partition coefficient (Wildman–Crippen LogP) is 4.09. The van der Waals surface area contributed by atoms with Crippen LogP contribution in [-0.4, -0.2) is 52.9 Å². The Kier molecular flexibility index (Phi) is 5.80. The molecule has 29 heavy (non-hydrogen) atoms. The second-order valence-electron chi connectivity index (χ2n) is 7.21. The van der Waals surface area contributed by atoms with Crippen molar-refractivity contribution in [2.24, 2.45) is 0 Å². The average molecular weight is 428 g/mol. The van der Waals surface area contributed by atoms with Gasteiger partial charge in [-0.25, -0.2) is 9.97 Å². The smallest absolute Gasteiger partial charge is 0.246 e. The van der Waals surface area contributed by atoms with Crippen molar-refractivity contribution in [3.8, 4) is 0 Å². The fraction of sp³-hybridized carbons (Fsp3) is 0.286. The van der Waals surface area contributed by atoms with Crippen LogP contribution in [0.5, 0.6) is 0 Å². The van der Waals surface area contributed by atoms with E-state index in [-0.39, 0.29) is 5.91 Å². The third-order valence-corrected chi connectivity index (χ3v) is 6.16. The molecule has 0 saturated heterocycles. The molecule has 0 unspecified atom stereocenters. The summed E-state index contributed by atoms with van der Waals surface area (Å²) >= 11 is 7.62. The number of nitrogens with one attached hydrogen (secondary N) is 1. The molecule has 3 aromatic rings. The number of carbonyl (C=O) groups is 1. The quantitative estimate of drug-likeness (QED) is 0.621. The van der Waals surface area contributed by atoms with Crippen LogP contribution in [0.1, 0.15) is 10.4 Å². The Morgan fingerprint density at radius 3 is 2.86 bits per heavy atom. The molecule has 1 N–H and O–H groups in total. The van der Waals surface area contributed by atoms with Crippen molar-refractivity contribution >= 4 is 50.6 Å². The van der Waals surface area contributed by atoms with Crippen LogP contribution in [0.2, 0.25) is 5.02 Å². The zero-order valence-corrected chi connectivity index (χ0v) is 17.9. The van der Waals surface area contributed by atoms with Crippen molar-refractivity contribution < 1.29 is 4.79 Å². The van der Waals surface area contributed by atoms with Crippen LogP contribution in [0.4, 0.5) is 11.5 Å². The van der Waals surface area contributed by atoms with Gasteiger partial charge < -0.3 is 15.1 Å². The van der Waals surface area contributed by atoms with Crippen LogP contribution >= 0.6 is 22.9 Å². The number of anilines is 2. The number of likely N-dealkylation sites (N-methyl/N-ethyl adjacent to an activating group) is 1. The number of nitrogens with zero attached hydrogens (tertiary/aromatic N) is 4. The lowest BCUT2D eigenvalue weighted by Gasteiger charge is -2.26. The number of hydrogen-bond donors (Lipinski definition) is 1. The van der Waals surface area contributed by atoms with Crippen molar-refractivity contribution in [2.75, 3.05) is 32.5 Å². The monoisotopic (exact) mass is 427 g/mol. The lowest BCUT2D eigenvalue weighted by Crippen LogP contribution is -2.34. The van der Waals surface area contributed by atoms with Crippen molar-refractivity contribution in [3.63, 3.8) is 0 Å². The van der Waals surface area contributed by atoms with Gasteiger partial charge in [-0.2, -0.15) is 0 Å². The summed E-state index contributed by atoms with van der Waals surface area (Å²) in [7, 11) is 3.96. The summed E-state index contributed by atoms with van der Waals surface area (Å²) in [5.74, 6) is 0.848. The maximum Gasteiger partial charge on any atom is 0.246 e. The first-order chi connectivity index (χ1) is 14.0. The number of halogens is 1. The lowest BCUT2D eigenvalue weighted by atomic mass is 10.0. The molecule has 1 aliphatic heterocycles. The van der Waals surface area contributed by atoms with Gasteiger partial charge in [0.05, 0.1) is 11.9 Å². The zero-order valence-electron chi connectivity index (χ0n) is 16.4. The topological polar surface area (TPSA) is 61.4 Å². The Labute approximate surface area is 178 Å². The highest BCUT2D eigenvalue weighted by molar-refractivity contribution is 7.19. The Bertz CT molecular complexity index is 1060. The van der Waals surface area contributed by atoms with Crippen LogP contribution in [0, 0.1) is 0 Å². The molecule has 0 bridgehead atoms. The zero-order chi connectivity index (χ0) is 20.4. The highest BCUT2D eigenvalue weighted by atomic mass is 35.5. The van der Waals surface area contributed by atoms with Crippen molar-refractivity contribution in [2.45, 2.75) is 13.0 Å². The van der Waals surface area contributed by atoms with Gasteiger partial charge in [-0.15, -0.1) is 11.3 Å². The van der Waals surface area contributed by atoms with Gasteiger partial charge in [-0.05, 0) is 50.3 Å². The number of benzene rings is 1. The largest absolute Gasteiger partial charge is 0.340 e. The van der Waals surface area contributed by atoms with Gasteiger partial charge in [-0.3, -0.25) is 4.79 Å². The van der Waals surface area contributed by atoms with Crippen molar-refractivity contribution in [3.05, 3.63) is 58.2 Å². The molecule has 1 aliphatic rings. The van der Waals surface area contributed by atoms with Crippen LogP contribution in [0.15, 0.2) is 42.7 Å². The molecule has 0 spiro atoms. The van der Waals surface area contributed by atoms with Crippen LogP contribution < -0.4 is 5.32 Å². The first-order valence-electron chi connectivity index (χ1n) is 9.39. The summed E-state index contributed by atoms with van der Waals surface area (Å²) in [5.41, 5.74) is 2.16. The fourth-order valence-corrected chi connectivity index (χ4v) is 4.68. The van der Waals surface area contributed by atoms with E-state index in [1.54, 1.807) is 23.7 Å². The minimum atomic E-state index is 0.0561. The Morgan fingerprint density at radius 1 is 1.31 bits per heavy atom. The highest BCUT2D eigenvalue weighted by Gasteiger charge is 2.25. The first kappa shape index (κ1) is 19.8. The predicted molar refractivity (Wildman–Crippen MR) is 119 cm³/mol. The lowest BCUT2D eigenvalue weighted by molar-refractivity contribution is -0.126. The van der Waals surface area contributed by atoms with Gasteiger partial charge in [0.2, 0.25) is 5.91 Å². The molecule has 6 nitrogen and oxygen atoms in total. The van der Waals surface area contributed by atoms with E-state index in [1.807, 2.05) is 54.2 Å². The van der Waals surface area contributed by atoms with Gasteiger partial charge in [-0.1, -0.05) is 17.7 Å². The fourth-order valence-electron chi connectivity index (χ4n) is 3.35. The van der Waals surface area contributed by atoms with Gasteiger partial charge in [0.1, 0.15) is 17.0 Å². The molecular weight excluding hydrogens is 406 g/mol. The first-order valence-corrected chi connectivity index (χ1v) is 10.6. The van der Waals surface area contributed by atoms with E-state index in [1.165, 1.54) is 10.4 Å². The second kappa shape index (κ2) is 8.49. The number of rotatable bonds is 5. The molecule has 150 valence electrons. The van der Waals surface area contributed by atoms with E-state index < -0.39 is 0 Å². The summed E-state index contributed by atoms with van der Waals surface area (Å²) in [4.78, 5) is 27.5. The summed E-state index contributed by atoms with van der Waals surface area (Å²) in [6.45, 7) is 2.06. The minimum absolute atomic E-state index is 0.0561. The number of thiophene rings is 1. The number of aromatic nitrogens is 2. The molecular formula is C21H22ClN5OS. The molecule has 0 radical (unpaired) electrons. The van der Waals surface area contributed by atoms with Gasteiger partial charge in [0.25, 0.3) is 0 Å². The molecule has 1 amide bonds. The molecule has 0 saturated carbocycles. The van der Waals surface area contributed by atoms with E-state index in [9.17, 15) is 4.79 Å². The van der Waals surface area contributed by atoms with Crippen molar-refractivity contribution in [1.29, 1.82) is 0 Å². The van der Waals surface area contributed by atoms with E-state index in [0.717, 1.165) is 34.7 Å². The molecule has 0 aliphatic carbocycles.